The van der Waals surface area contributed by atoms with E-state index in [9.17, 15) is 0 Å². The molecule has 0 spiro atoms. The molecule has 2 aromatic rings. The van der Waals surface area contributed by atoms with E-state index in [4.69, 9.17) is 0 Å². The van der Waals surface area contributed by atoms with Gasteiger partial charge in [0.2, 0.25) is 0 Å². The van der Waals surface area contributed by atoms with Gasteiger partial charge in [0.25, 0.3) is 0 Å². The molecule has 5 heteroatoms. The molecular formula is C13H17BrN4. The van der Waals surface area contributed by atoms with E-state index < -0.39 is 0 Å². The number of nitrogens with one attached hydrogen (secondary N) is 1. The highest BCUT2D eigenvalue weighted by molar-refractivity contribution is 9.10. The molecule has 0 aliphatic rings. The van der Waals surface area contributed by atoms with Gasteiger partial charge < -0.3 is 5.32 Å². The Morgan fingerprint density at radius 2 is 2.22 bits per heavy atom. The van der Waals surface area contributed by atoms with Crippen molar-refractivity contribution in [2.75, 3.05) is 5.32 Å². The van der Waals surface area contributed by atoms with Crippen molar-refractivity contribution in [3.8, 4) is 0 Å². The predicted octanol–water partition coefficient (Wildman–Crippen LogP) is 3.37. The summed E-state index contributed by atoms with van der Waals surface area (Å²) in [5.74, 6) is 0.969. The van der Waals surface area contributed by atoms with Gasteiger partial charge in [0, 0.05) is 16.7 Å². The van der Waals surface area contributed by atoms with Crippen LogP contribution in [0, 0.1) is 6.92 Å². The maximum absolute atomic E-state index is 4.28. The van der Waals surface area contributed by atoms with Crippen LogP contribution in [0.15, 0.2) is 29.0 Å². The number of anilines is 1. The minimum Gasteiger partial charge on any atom is -0.378 e. The average molecular weight is 309 g/mol. The molecule has 0 aliphatic heterocycles. The van der Waals surface area contributed by atoms with Gasteiger partial charge in [-0.25, -0.2) is 9.67 Å². The summed E-state index contributed by atoms with van der Waals surface area (Å²) in [6.45, 7) is 5.83. The van der Waals surface area contributed by atoms with Crippen LogP contribution in [-0.4, -0.2) is 14.8 Å². The van der Waals surface area contributed by atoms with E-state index in [1.54, 1.807) is 6.33 Å². The van der Waals surface area contributed by atoms with Gasteiger partial charge in [-0.2, -0.15) is 5.10 Å². The van der Waals surface area contributed by atoms with Crippen molar-refractivity contribution in [1.82, 2.24) is 14.8 Å². The Bertz CT molecular complexity index is 521. The molecule has 0 aliphatic carbocycles. The molecule has 4 nitrogen and oxygen atoms in total. The van der Waals surface area contributed by atoms with Crippen molar-refractivity contribution >= 4 is 21.6 Å². The second-order valence-electron chi connectivity index (χ2n) is 4.17. The minimum absolute atomic E-state index is 0.692. The number of rotatable bonds is 5. The molecule has 0 atom stereocenters. The van der Waals surface area contributed by atoms with Crippen LogP contribution in [0.25, 0.3) is 0 Å². The smallest absolute Gasteiger partial charge is 0.146 e. The highest BCUT2D eigenvalue weighted by atomic mass is 79.9. The highest BCUT2D eigenvalue weighted by Crippen LogP contribution is 2.23. The molecule has 1 aromatic carbocycles. The molecule has 1 N–H and O–H groups in total. The first kappa shape index (κ1) is 13.1. The van der Waals surface area contributed by atoms with Crippen molar-refractivity contribution < 1.29 is 0 Å². The van der Waals surface area contributed by atoms with Crippen LogP contribution in [0.2, 0.25) is 0 Å². The molecule has 96 valence electrons. The molecule has 18 heavy (non-hydrogen) atoms. The molecule has 0 amide bonds. The average Bonchev–Trinajstić information content (AvgIpc) is 2.79. The van der Waals surface area contributed by atoms with Crippen molar-refractivity contribution in [3.63, 3.8) is 0 Å². The number of hydrogen-bond donors (Lipinski definition) is 1. The Kier molecular flexibility index (Phi) is 4.36. The first-order valence-electron chi connectivity index (χ1n) is 6.08. The zero-order valence-corrected chi connectivity index (χ0v) is 12.2. The summed E-state index contributed by atoms with van der Waals surface area (Å²) in [4.78, 5) is 4.28. The zero-order valence-electron chi connectivity index (χ0n) is 10.7. The molecule has 1 aromatic heterocycles. The number of benzene rings is 1. The standard InChI is InChI=1S/C13H17BrN4/c1-3-7-18-13(16-9-17-18)8-15-12-6-4-5-11(14)10(12)2/h4-6,9,15H,3,7-8H2,1-2H3. The van der Waals surface area contributed by atoms with Gasteiger partial charge in [0.05, 0.1) is 6.54 Å². The van der Waals surface area contributed by atoms with Crippen LogP contribution in [0.5, 0.6) is 0 Å². The lowest BCUT2D eigenvalue weighted by atomic mass is 10.2. The Labute approximate surface area is 116 Å². The van der Waals surface area contributed by atoms with Crippen molar-refractivity contribution in [2.45, 2.75) is 33.4 Å². The summed E-state index contributed by atoms with van der Waals surface area (Å²) in [6.07, 6.45) is 2.67. The lowest BCUT2D eigenvalue weighted by Gasteiger charge is -2.11. The third-order valence-electron chi connectivity index (χ3n) is 2.84. The number of halogens is 1. The number of nitrogens with zero attached hydrogens (tertiary/aromatic N) is 3. The van der Waals surface area contributed by atoms with E-state index in [2.05, 4.69) is 51.2 Å². The lowest BCUT2D eigenvalue weighted by molar-refractivity contribution is 0.574. The van der Waals surface area contributed by atoms with Crippen molar-refractivity contribution in [2.24, 2.45) is 0 Å². The highest BCUT2D eigenvalue weighted by Gasteiger charge is 2.05. The number of aromatic nitrogens is 3. The van der Waals surface area contributed by atoms with Crippen molar-refractivity contribution in [3.05, 3.63) is 40.4 Å². The van der Waals surface area contributed by atoms with Gasteiger partial charge >= 0.3 is 0 Å². The minimum atomic E-state index is 0.692. The van der Waals surface area contributed by atoms with E-state index in [-0.39, 0.29) is 0 Å². The summed E-state index contributed by atoms with van der Waals surface area (Å²) in [5, 5.41) is 7.62. The van der Waals surface area contributed by atoms with Crippen LogP contribution < -0.4 is 5.32 Å². The third kappa shape index (κ3) is 2.90. The fourth-order valence-electron chi connectivity index (χ4n) is 1.80. The van der Waals surface area contributed by atoms with Gasteiger partial charge in [0.1, 0.15) is 12.2 Å². The second kappa shape index (κ2) is 6.00. The van der Waals surface area contributed by atoms with Gasteiger partial charge in [-0.05, 0) is 31.0 Å². The van der Waals surface area contributed by atoms with Crippen LogP contribution in [0.4, 0.5) is 5.69 Å². The van der Waals surface area contributed by atoms with Gasteiger partial charge in [-0.3, -0.25) is 0 Å². The summed E-state index contributed by atoms with van der Waals surface area (Å²) < 4.78 is 3.06. The summed E-state index contributed by atoms with van der Waals surface area (Å²) in [7, 11) is 0. The molecule has 0 saturated carbocycles. The predicted molar refractivity (Wildman–Crippen MR) is 76.5 cm³/mol. The number of aryl methyl sites for hydroxylation is 1. The van der Waals surface area contributed by atoms with Crippen LogP contribution in [0.1, 0.15) is 24.7 Å². The van der Waals surface area contributed by atoms with Crippen LogP contribution in [-0.2, 0) is 13.1 Å². The zero-order chi connectivity index (χ0) is 13.0. The maximum Gasteiger partial charge on any atom is 0.146 e. The van der Waals surface area contributed by atoms with Gasteiger partial charge in [-0.15, -0.1) is 0 Å². The molecule has 0 bridgehead atoms. The fraction of sp³-hybridized carbons (Fsp3) is 0.385. The molecular weight excluding hydrogens is 292 g/mol. The van der Waals surface area contributed by atoms with E-state index in [0.29, 0.717) is 6.54 Å². The fourth-order valence-corrected chi connectivity index (χ4v) is 2.16. The Hall–Kier alpha value is -1.36. The Morgan fingerprint density at radius 3 is 3.00 bits per heavy atom. The summed E-state index contributed by atoms with van der Waals surface area (Å²) in [5.41, 5.74) is 2.33. The van der Waals surface area contributed by atoms with Gasteiger partial charge in [-0.1, -0.05) is 28.9 Å². The Morgan fingerprint density at radius 1 is 1.39 bits per heavy atom. The molecule has 0 fully saturated rings. The first-order chi connectivity index (χ1) is 8.72. The first-order valence-corrected chi connectivity index (χ1v) is 6.87. The largest absolute Gasteiger partial charge is 0.378 e. The topological polar surface area (TPSA) is 42.7 Å². The molecule has 2 rings (SSSR count). The Balaban J connectivity index is 2.07. The molecule has 1 heterocycles. The van der Waals surface area contributed by atoms with E-state index >= 15 is 0 Å². The van der Waals surface area contributed by atoms with E-state index in [0.717, 1.165) is 29.0 Å². The summed E-state index contributed by atoms with van der Waals surface area (Å²) >= 11 is 3.53. The normalized spacial score (nSPS) is 10.6. The monoisotopic (exact) mass is 308 g/mol. The summed E-state index contributed by atoms with van der Waals surface area (Å²) in [6, 6.07) is 6.14. The van der Waals surface area contributed by atoms with E-state index in [1.165, 1.54) is 5.56 Å². The van der Waals surface area contributed by atoms with Crippen molar-refractivity contribution in [1.29, 1.82) is 0 Å². The SMILES string of the molecule is CCCn1ncnc1CNc1cccc(Br)c1C. The number of hydrogen-bond acceptors (Lipinski definition) is 3. The van der Waals surface area contributed by atoms with E-state index in [1.807, 2.05) is 16.8 Å². The molecule has 0 unspecified atom stereocenters. The van der Waals surface area contributed by atoms with Gasteiger partial charge in [0.15, 0.2) is 0 Å². The quantitative estimate of drug-likeness (QED) is 0.921. The third-order valence-corrected chi connectivity index (χ3v) is 3.69. The van der Waals surface area contributed by atoms with Crippen LogP contribution in [0.3, 0.4) is 0 Å². The lowest BCUT2D eigenvalue weighted by Crippen LogP contribution is -2.10. The molecule has 0 saturated heterocycles. The molecule has 0 radical (unpaired) electrons. The van der Waals surface area contributed by atoms with Crippen LogP contribution >= 0.6 is 15.9 Å². The second-order valence-corrected chi connectivity index (χ2v) is 5.02. The maximum atomic E-state index is 4.28.